The number of carbonyl (C=O) groups excluding carboxylic acids is 1. The Hall–Kier alpha value is -4.86. The van der Waals surface area contributed by atoms with Crippen molar-refractivity contribution in [3.8, 4) is 33.9 Å². The fourth-order valence-corrected chi connectivity index (χ4v) is 9.84. The number of hydrogen-bond donors (Lipinski definition) is 1. The summed E-state index contributed by atoms with van der Waals surface area (Å²) in [5.74, 6) is -1.23. The van der Waals surface area contributed by atoms with Gasteiger partial charge in [0.25, 0.3) is 15.6 Å². The highest BCUT2D eigenvalue weighted by molar-refractivity contribution is 7.93. The van der Waals surface area contributed by atoms with Crippen LogP contribution < -0.4 is 9.86 Å². The van der Waals surface area contributed by atoms with Crippen molar-refractivity contribution in [1.82, 2.24) is 24.9 Å². The van der Waals surface area contributed by atoms with Crippen molar-refractivity contribution >= 4 is 54.0 Å². The number of thiophene rings is 1. The maximum absolute atomic E-state index is 15.9. The van der Waals surface area contributed by atoms with E-state index in [1.807, 2.05) is 37.3 Å². The van der Waals surface area contributed by atoms with Gasteiger partial charge in [0, 0.05) is 22.0 Å². The Morgan fingerprint density at radius 3 is 2.49 bits per heavy atom. The largest absolute Gasteiger partial charge is 0.462 e. The molecule has 0 atom stereocenters. The van der Waals surface area contributed by atoms with Crippen LogP contribution in [0.4, 0.5) is 9.52 Å². The number of esters is 1. The predicted octanol–water partition coefficient (Wildman–Crippen LogP) is 6.83. The zero-order chi connectivity index (χ0) is 34.6. The van der Waals surface area contributed by atoms with E-state index in [2.05, 4.69) is 24.9 Å². The summed E-state index contributed by atoms with van der Waals surface area (Å²) in [6.07, 6.45) is 3.99. The molecule has 11 nitrogen and oxygen atoms in total. The first-order valence-electron chi connectivity index (χ1n) is 15.4. The van der Waals surface area contributed by atoms with Crippen molar-refractivity contribution in [2.24, 2.45) is 0 Å². The average molecular weight is 717 g/mol. The van der Waals surface area contributed by atoms with Crippen LogP contribution >= 0.6 is 22.7 Å². The molecule has 49 heavy (non-hydrogen) atoms. The molecule has 1 fully saturated rings. The molecule has 1 saturated carbocycles. The highest BCUT2D eigenvalue weighted by Gasteiger charge is 2.41. The molecule has 1 aliphatic rings. The average Bonchev–Trinajstić information content (AvgIpc) is 3.73. The smallest absolute Gasteiger partial charge is 0.350 e. The van der Waals surface area contributed by atoms with Crippen LogP contribution in [0, 0.1) is 26.6 Å². The summed E-state index contributed by atoms with van der Waals surface area (Å²) in [6, 6.07) is 11.6. The Balaban J connectivity index is 1.24. The standard InChI is InChI=1S/C34H29FN6O5S3/c1-5-46-33(43)29-18(3)37-34(48-29)41(21-11-12-21)49(44,45)26-14-23(35)22(13-17(26)2)24-15-36-16-25(38-24)30-39-31(42)28-27(19(4)47-32(28)40-30)20-9-7-6-8-10-20/h6-10,13-16,21H,5,11-12H2,1-4H3,(H,39,40,42). The number of nitrogens with one attached hydrogen (secondary N) is 1. The number of sulfonamides is 1. The van der Waals surface area contributed by atoms with Crippen molar-refractivity contribution in [2.45, 2.75) is 51.5 Å². The van der Waals surface area contributed by atoms with Gasteiger partial charge in [-0.05, 0) is 63.8 Å². The molecule has 0 bridgehead atoms. The number of aromatic amines is 1. The monoisotopic (exact) mass is 716 g/mol. The van der Waals surface area contributed by atoms with Crippen LogP contribution in [0.1, 0.15) is 45.6 Å². The van der Waals surface area contributed by atoms with Gasteiger partial charge in [-0.3, -0.25) is 9.78 Å². The van der Waals surface area contributed by atoms with Gasteiger partial charge in [-0.1, -0.05) is 41.7 Å². The van der Waals surface area contributed by atoms with Gasteiger partial charge in [0.05, 0.1) is 40.7 Å². The lowest BCUT2D eigenvalue weighted by atomic mass is 10.0. The van der Waals surface area contributed by atoms with Crippen LogP contribution in [0.3, 0.4) is 0 Å². The van der Waals surface area contributed by atoms with Crippen LogP contribution in [-0.2, 0) is 14.8 Å². The van der Waals surface area contributed by atoms with Crippen molar-refractivity contribution in [3.05, 3.63) is 92.0 Å². The topological polar surface area (TPSA) is 148 Å². The number of thiazole rings is 1. The van der Waals surface area contributed by atoms with Crippen molar-refractivity contribution in [3.63, 3.8) is 0 Å². The molecular formula is C34H29FN6O5S3. The van der Waals surface area contributed by atoms with E-state index in [9.17, 15) is 18.0 Å². The van der Waals surface area contributed by atoms with Crippen LogP contribution in [0.25, 0.3) is 44.1 Å². The number of aryl methyl sites for hydroxylation is 3. The quantitative estimate of drug-likeness (QED) is 0.159. The third kappa shape index (κ3) is 5.91. The van der Waals surface area contributed by atoms with E-state index >= 15 is 4.39 Å². The number of halogens is 1. The second-order valence-corrected chi connectivity index (χ2v) is 15.5. The van der Waals surface area contributed by atoms with E-state index in [0.717, 1.165) is 33.4 Å². The van der Waals surface area contributed by atoms with E-state index in [-0.39, 0.29) is 61.5 Å². The Bertz CT molecular complexity index is 2440. The van der Waals surface area contributed by atoms with Crippen molar-refractivity contribution < 1.29 is 22.3 Å². The Kier molecular flexibility index (Phi) is 8.37. The number of carbonyl (C=O) groups is 1. The molecule has 15 heteroatoms. The second-order valence-electron chi connectivity index (χ2n) is 11.5. The molecule has 0 radical (unpaired) electrons. The van der Waals surface area contributed by atoms with E-state index in [1.54, 1.807) is 20.8 Å². The molecule has 0 amide bonds. The minimum Gasteiger partial charge on any atom is -0.462 e. The van der Waals surface area contributed by atoms with Gasteiger partial charge in [0.2, 0.25) is 5.13 Å². The van der Waals surface area contributed by atoms with Crippen molar-refractivity contribution in [1.29, 1.82) is 0 Å². The summed E-state index contributed by atoms with van der Waals surface area (Å²) in [5.41, 5.74) is 2.41. The zero-order valence-electron chi connectivity index (χ0n) is 26.8. The summed E-state index contributed by atoms with van der Waals surface area (Å²) < 4.78 is 50.4. The van der Waals surface area contributed by atoms with Crippen LogP contribution in [0.5, 0.6) is 0 Å². The lowest BCUT2D eigenvalue weighted by Gasteiger charge is -2.23. The third-order valence-electron chi connectivity index (χ3n) is 8.07. The van der Waals surface area contributed by atoms with Gasteiger partial charge in [0.15, 0.2) is 5.82 Å². The molecule has 6 aromatic rings. The van der Waals surface area contributed by atoms with E-state index in [4.69, 9.17) is 4.74 Å². The zero-order valence-corrected chi connectivity index (χ0v) is 29.2. The summed E-state index contributed by atoms with van der Waals surface area (Å²) >= 11 is 2.33. The molecular weight excluding hydrogens is 688 g/mol. The number of H-pyrrole nitrogens is 1. The Morgan fingerprint density at radius 1 is 1.04 bits per heavy atom. The first-order valence-corrected chi connectivity index (χ1v) is 18.5. The molecule has 250 valence electrons. The minimum absolute atomic E-state index is 0.0280. The van der Waals surface area contributed by atoms with Crippen LogP contribution in [0.2, 0.25) is 0 Å². The highest BCUT2D eigenvalue weighted by Crippen LogP contribution is 2.41. The molecule has 0 unspecified atom stereocenters. The molecule has 0 aliphatic heterocycles. The lowest BCUT2D eigenvalue weighted by Crippen LogP contribution is -2.33. The maximum atomic E-state index is 15.9. The number of anilines is 1. The predicted molar refractivity (Wildman–Crippen MR) is 187 cm³/mol. The van der Waals surface area contributed by atoms with Gasteiger partial charge < -0.3 is 9.72 Å². The number of rotatable bonds is 9. The number of hydrogen-bond acceptors (Lipinski definition) is 11. The molecule has 0 saturated heterocycles. The number of ether oxygens (including phenoxy) is 1. The summed E-state index contributed by atoms with van der Waals surface area (Å²) in [4.78, 5) is 48.0. The lowest BCUT2D eigenvalue weighted by molar-refractivity contribution is 0.0531. The van der Waals surface area contributed by atoms with Gasteiger partial charge in [-0.2, -0.15) is 0 Å². The molecule has 4 heterocycles. The van der Waals surface area contributed by atoms with Gasteiger partial charge in [0.1, 0.15) is 21.2 Å². The van der Waals surface area contributed by atoms with Gasteiger partial charge in [-0.25, -0.2) is 36.9 Å². The molecule has 1 N–H and O–H groups in total. The number of aromatic nitrogens is 5. The van der Waals surface area contributed by atoms with Crippen LogP contribution in [0.15, 0.2) is 64.5 Å². The fraction of sp³-hybridized carbons (Fsp3) is 0.235. The number of nitrogens with zero attached hydrogens (tertiary/aromatic N) is 5. The molecule has 0 spiro atoms. The summed E-state index contributed by atoms with van der Waals surface area (Å²) in [6.45, 7) is 6.98. The number of fused-ring (bicyclic) bond motifs is 1. The summed E-state index contributed by atoms with van der Waals surface area (Å²) in [5, 5.41) is 0.603. The van der Waals surface area contributed by atoms with E-state index < -0.39 is 21.8 Å². The summed E-state index contributed by atoms with van der Waals surface area (Å²) in [7, 11) is -4.28. The normalized spacial score (nSPS) is 13.2. The molecule has 4 aromatic heterocycles. The van der Waals surface area contributed by atoms with E-state index in [1.165, 1.54) is 34.1 Å². The van der Waals surface area contributed by atoms with Gasteiger partial charge in [-0.15, -0.1) is 11.3 Å². The Morgan fingerprint density at radius 2 is 1.78 bits per heavy atom. The van der Waals surface area contributed by atoms with Gasteiger partial charge >= 0.3 is 5.97 Å². The first kappa shape index (κ1) is 32.7. The maximum Gasteiger partial charge on any atom is 0.350 e. The highest BCUT2D eigenvalue weighted by atomic mass is 32.2. The molecule has 7 rings (SSSR count). The SMILES string of the molecule is CCOC(=O)c1sc(N(C2CC2)S(=O)(=O)c2cc(F)c(-c3cncc(-c4nc5sc(C)c(-c6ccccc6)c5c(=O)[nH]4)n3)cc2C)nc1C. The fourth-order valence-electron chi connectivity index (χ4n) is 5.67. The van der Waals surface area contributed by atoms with E-state index in [0.29, 0.717) is 28.8 Å². The third-order valence-corrected chi connectivity index (χ3v) is 12.3. The Labute approximate surface area is 288 Å². The first-order chi connectivity index (χ1) is 23.5. The number of benzene rings is 2. The van der Waals surface area contributed by atoms with Crippen LogP contribution in [-0.4, -0.2) is 52.0 Å². The second kappa shape index (κ2) is 12.5. The minimum atomic E-state index is -4.28. The van der Waals surface area contributed by atoms with Crippen molar-refractivity contribution in [2.75, 3.05) is 10.9 Å². The molecule has 2 aromatic carbocycles. The molecule has 1 aliphatic carbocycles.